The summed E-state index contributed by atoms with van der Waals surface area (Å²) in [6.45, 7) is 2.06. The average molecular weight is 356 g/mol. The fraction of sp³-hybridized carbons (Fsp3) is 0.333. The number of benzene rings is 1. The Bertz CT molecular complexity index is 683. The van der Waals surface area contributed by atoms with E-state index in [0.717, 1.165) is 25.9 Å². The summed E-state index contributed by atoms with van der Waals surface area (Å²) in [6.07, 6.45) is 4.08. The van der Waals surface area contributed by atoms with Gasteiger partial charge in [0.1, 0.15) is 0 Å². The van der Waals surface area contributed by atoms with Crippen LogP contribution < -0.4 is 10.6 Å². The molecule has 4 nitrogen and oxygen atoms in total. The van der Waals surface area contributed by atoms with Crippen molar-refractivity contribution in [2.75, 3.05) is 18.4 Å². The lowest BCUT2D eigenvalue weighted by Gasteiger charge is -2.20. The highest BCUT2D eigenvalue weighted by Crippen LogP contribution is 2.32. The van der Waals surface area contributed by atoms with Crippen LogP contribution in [0, 0.1) is 0 Å². The molecule has 0 bridgehead atoms. The number of nitrogens with one attached hydrogen (secondary N) is 2. The van der Waals surface area contributed by atoms with Gasteiger partial charge in [0.15, 0.2) is 5.13 Å². The highest BCUT2D eigenvalue weighted by atomic mass is 35.5. The summed E-state index contributed by atoms with van der Waals surface area (Å²) in [5.41, 5.74) is 0.393. The van der Waals surface area contributed by atoms with Gasteiger partial charge in [-0.3, -0.25) is 10.1 Å². The second-order valence-electron chi connectivity index (χ2n) is 5.17. The number of carbonyl (C=O) groups is 1. The Kier molecular flexibility index (Phi) is 4.98. The van der Waals surface area contributed by atoms with E-state index in [4.69, 9.17) is 23.2 Å². The summed E-state index contributed by atoms with van der Waals surface area (Å²) in [7, 11) is 0. The molecule has 2 N–H and O–H groups in total. The minimum Gasteiger partial charge on any atom is -0.317 e. The molecule has 0 aliphatic carbocycles. The maximum absolute atomic E-state index is 12.2. The van der Waals surface area contributed by atoms with Crippen molar-refractivity contribution in [3.8, 4) is 0 Å². The van der Waals surface area contributed by atoms with E-state index in [-0.39, 0.29) is 5.91 Å². The van der Waals surface area contributed by atoms with Crippen molar-refractivity contribution in [1.29, 1.82) is 0 Å². The van der Waals surface area contributed by atoms with Crippen molar-refractivity contribution < 1.29 is 4.79 Å². The first-order valence-electron chi connectivity index (χ1n) is 7.06. The lowest BCUT2D eigenvalue weighted by atomic mass is 9.97. The third kappa shape index (κ3) is 3.60. The van der Waals surface area contributed by atoms with Crippen molar-refractivity contribution in [2.24, 2.45) is 0 Å². The number of hydrogen-bond acceptors (Lipinski definition) is 4. The van der Waals surface area contributed by atoms with Crippen LogP contribution in [0.4, 0.5) is 5.13 Å². The molecule has 1 fully saturated rings. The molecule has 0 saturated carbocycles. The van der Waals surface area contributed by atoms with Gasteiger partial charge in [0.2, 0.25) is 0 Å². The highest BCUT2D eigenvalue weighted by molar-refractivity contribution is 7.15. The van der Waals surface area contributed by atoms with Crippen LogP contribution in [0.2, 0.25) is 10.0 Å². The summed E-state index contributed by atoms with van der Waals surface area (Å²) in [5, 5.41) is 7.59. The molecule has 1 aliphatic heterocycles. The summed E-state index contributed by atoms with van der Waals surface area (Å²) in [5.74, 6) is 0.261. The predicted molar refractivity (Wildman–Crippen MR) is 91.4 cm³/mol. The second kappa shape index (κ2) is 6.96. The minimum atomic E-state index is -0.270. The Morgan fingerprint density at radius 2 is 2.09 bits per heavy atom. The van der Waals surface area contributed by atoms with E-state index in [2.05, 4.69) is 15.6 Å². The third-order valence-corrected chi connectivity index (χ3v) is 5.28. The molecule has 1 aliphatic rings. The molecule has 0 unspecified atom stereocenters. The number of nitrogens with zero attached hydrogens (tertiary/aromatic N) is 1. The molecule has 2 heterocycles. The average Bonchev–Trinajstić information content (AvgIpc) is 2.96. The molecule has 0 atom stereocenters. The number of thiazole rings is 1. The van der Waals surface area contributed by atoms with E-state index in [1.165, 1.54) is 16.2 Å². The van der Waals surface area contributed by atoms with E-state index >= 15 is 0 Å². The standard InChI is InChI=1S/C15H15Cl2N3OS/c16-10-1-2-11(12(17)7-10)14(21)20-15-19-8-13(22-15)9-3-5-18-6-4-9/h1-2,7-9,18H,3-6H2,(H,19,20,21). The molecule has 0 radical (unpaired) electrons. The normalized spacial score (nSPS) is 15.7. The smallest absolute Gasteiger partial charge is 0.258 e. The van der Waals surface area contributed by atoms with E-state index in [0.29, 0.717) is 26.7 Å². The molecule has 116 valence electrons. The highest BCUT2D eigenvalue weighted by Gasteiger charge is 2.19. The number of halogens is 2. The van der Waals surface area contributed by atoms with Gasteiger partial charge < -0.3 is 5.32 Å². The van der Waals surface area contributed by atoms with Gasteiger partial charge >= 0.3 is 0 Å². The number of carbonyl (C=O) groups excluding carboxylic acids is 1. The fourth-order valence-corrected chi connectivity index (χ4v) is 3.95. The van der Waals surface area contributed by atoms with Crippen molar-refractivity contribution in [3.63, 3.8) is 0 Å². The van der Waals surface area contributed by atoms with Crippen molar-refractivity contribution >= 4 is 45.6 Å². The number of hydrogen-bond donors (Lipinski definition) is 2. The number of anilines is 1. The Morgan fingerprint density at radius 1 is 1.32 bits per heavy atom. The van der Waals surface area contributed by atoms with Gasteiger partial charge in [-0.05, 0) is 50.0 Å². The van der Waals surface area contributed by atoms with Crippen molar-refractivity contribution in [1.82, 2.24) is 10.3 Å². The zero-order valence-electron chi connectivity index (χ0n) is 11.7. The van der Waals surface area contributed by atoms with Crippen LogP contribution in [0.1, 0.15) is 34.0 Å². The molecular formula is C15H15Cl2N3OS. The van der Waals surface area contributed by atoms with Gasteiger partial charge in [0.05, 0.1) is 10.6 Å². The number of piperidine rings is 1. The van der Waals surface area contributed by atoms with Gasteiger partial charge in [-0.15, -0.1) is 11.3 Å². The second-order valence-corrected chi connectivity index (χ2v) is 7.08. The Balaban J connectivity index is 1.70. The third-order valence-electron chi connectivity index (χ3n) is 3.66. The number of rotatable bonds is 3. The largest absolute Gasteiger partial charge is 0.317 e. The molecule has 1 aromatic carbocycles. The first-order valence-corrected chi connectivity index (χ1v) is 8.63. The Hall–Kier alpha value is -1.14. The molecule has 3 rings (SSSR count). The lowest BCUT2D eigenvalue weighted by Crippen LogP contribution is -2.26. The topological polar surface area (TPSA) is 54.0 Å². The van der Waals surface area contributed by atoms with Gasteiger partial charge in [0.25, 0.3) is 5.91 Å². The van der Waals surface area contributed by atoms with Crippen LogP contribution in [0.25, 0.3) is 0 Å². The first-order chi connectivity index (χ1) is 10.6. The summed E-state index contributed by atoms with van der Waals surface area (Å²) in [4.78, 5) is 17.8. The zero-order valence-corrected chi connectivity index (χ0v) is 14.1. The molecule has 7 heteroatoms. The zero-order chi connectivity index (χ0) is 15.5. The van der Waals surface area contributed by atoms with Crippen LogP contribution in [0.5, 0.6) is 0 Å². The maximum Gasteiger partial charge on any atom is 0.258 e. The Labute approximate surface area is 142 Å². The van der Waals surface area contributed by atoms with E-state index in [1.54, 1.807) is 18.2 Å². The van der Waals surface area contributed by atoms with E-state index in [1.807, 2.05) is 6.20 Å². The van der Waals surface area contributed by atoms with Crippen LogP contribution in [-0.2, 0) is 0 Å². The predicted octanol–water partition coefficient (Wildman–Crippen LogP) is 4.17. The SMILES string of the molecule is O=C(Nc1ncc(C2CCNCC2)s1)c1ccc(Cl)cc1Cl. The number of amides is 1. The van der Waals surface area contributed by atoms with Crippen molar-refractivity contribution in [2.45, 2.75) is 18.8 Å². The van der Waals surface area contributed by atoms with Gasteiger partial charge in [-0.1, -0.05) is 23.2 Å². The van der Waals surface area contributed by atoms with Gasteiger partial charge in [-0.25, -0.2) is 4.98 Å². The molecule has 22 heavy (non-hydrogen) atoms. The molecule has 2 aromatic rings. The molecule has 0 spiro atoms. The van der Waals surface area contributed by atoms with Crippen LogP contribution in [0.15, 0.2) is 24.4 Å². The lowest BCUT2D eigenvalue weighted by molar-refractivity contribution is 0.102. The summed E-state index contributed by atoms with van der Waals surface area (Å²) in [6, 6.07) is 4.81. The summed E-state index contributed by atoms with van der Waals surface area (Å²) >= 11 is 13.4. The first kappa shape index (κ1) is 15.7. The Morgan fingerprint density at radius 3 is 2.82 bits per heavy atom. The summed E-state index contributed by atoms with van der Waals surface area (Å²) < 4.78 is 0. The fourth-order valence-electron chi connectivity index (χ4n) is 2.48. The van der Waals surface area contributed by atoms with Crippen LogP contribution in [0.3, 0.4) is 0 Å². The molecule has 1 saturated heterocycles. The van der Waals surface area contributed by atoms with Gasteiger partial charge in [-0.2, -0.15) is 0 Å². The van der Waals surface area contributed by atoms with Crippen molar-refractivity contribution in [3.05, 3.63) is 44.9 Å². The molecular weight excluding hydrogens is 341 g/mol. The van der Waals surface area contributed by atoms with Crippen LogP contribution >= 0.6 is 34.5 Å². The maximum atomic E-state index is 12.2. The monoisotopic (exact) mass is 355 g/mol. The van der Waals surface area contributed by atoms with E-state index in [9.17, 15) is 4.79 Å². The van der Waals surface area contributed by atoms with E-state index < -0.39 is 0 Å². The minimum absolute atomic E-state index is 0.270. The number of aromatic nitrogens is 1. The van der Waals surface area contributed by atoms with Gasteiger partial charge in [0, 0.05) is 16.1 Å². The van der Waals surface area contributed by atoms with Crippen LogP contribution in [-0.4, -0.2) is 24.0 Å². The quantitative estimate of drug-likeness (QED) is 0.868. The molecule has 1 amide bonds. The molecule has 1 aromatic heterocycles.